The highest BCUT2D eigenvalue weighted by molar-refractivity contribution is 7.09. The van der Waals surface area contributed by atoms with Crippen molar-refractivity contribution in [2.75, 3.05) is 7.05 Å². The molecule has 0 aliphatic carbocycles. The minimum Gasteiger partial charge on any atom is -0.489 e. The molecule has 5 nitrogen and oxygen atoms in total. The standard InChI is InChI=1S/C34H40N2O3S/c1-4-9-27(10-5-2)28-17-19-30(20-18-28)39-23-26-13-15-29(16-14-26)31-24-40-33(35-31)22-36(3)32(34(37)38)21-25-11-7-6-8-12-25/h6-8,11-20,24,27,32H,4-5,9-10,21-23H2,1-3H3,(H,37,38)/t32-/m0/s1. The molecule has 4 aromatic rings. The Bertz CT molecular complexity index is 1310. The van der Waals surface area contributed by atoms with E-state index in [0.717, 1.165) is 33.1 Å². The van der Waals surface area contributed by atoms with Gasteiger partial charge in [0, 0.05) is 10.9 Å². The summed E-state index contributed by atoms with van der Waals surface area (Å²) in [6.07, 6.45) is 5.33. The summed E-state index contributed by atoms with van der Waals surface area (Å²) >= 11 is 1.56. The van der Waals surface area contributed by atoms with Crippen LogP contribution in [0.1, 0.15) is 67.1 Å². The summed E-state index contributed by atoms with van der Waals surface area (Å²) in [5.41, 5.74) is 5.46. The lowest BCUT2D eigenvalue weighted by atomic mass is 9.90. The second-order valence-electron chi connectivity index (χ2n) is 10.4. The Morgan fingerprint density at radius 2 is 1.60 bits per heavy atom. The summed E-state index contributed by atoms with van der Waals surface area (Å²) in [7, 11) is 1.85. The summed E-state index contributed by atoms with van der Waals surface area (Å²) < 4.78 is 6.06. The van der Waals surface area contributed by atoms with Crippen molar-refractivity contribution in [1.82, 2.24) is 9.88 Å². The second-order valence-corrected chi connectivity index (χ2v) is 11.4. The topological polar surface area (TPSA) is 62.7 Å². The number of carboxylic acid groups (broad SMARTS) is 1. The average molecular weight is 557 g/mol. The van der Waals surface area contributed by atoms with Crippen LogP contribution in [0, 0.1) is 0 Å². The molecule has 40 heavy (non-hydrogen) atoms. The van der Waals surface area contributed by atoms with E-state index in [1.165, 1.54) is 31.2 Å². The smallest absolute Gasteiger partial charge is 0.321 e. The van der Waals surface area contributed by atoms with Gasteiger partial charge in [0.15, 0.2) is 0 Å². The minimum atomic E-state index is -0.825. The quantitative estimate of drug-likeness (QED) is 0.160. The van der Waals surface area contributed by atoms with Gasteiger partial charge in [-0.2, -0.15) is 0 Å². The first kappa shape index (κ1) is 29.5. The van der Waals surface area contributed by atoms with Crippen molar-refractivity contribution in [2.45, 2.75) is 71.1 Å². The summed E-state index contributed by atoms with van der Waals surface area (Å²) in [6, 6.07) is 26.0. The number of nitrogens with zero attached hydrogens (tertiary/aromatic N) is 2. The van der Waals surface area contributed by atoms with Gasteiger partial charge in [-0.25, -0.2) is 4.98 Å². The van der Waals surface area contributed by atoms with Crippen molar-refractivity contribution >= 4 is 17.3 Å². The molecule has 0 spiro atoms. The Balaban J connectivity index is 1.32. The maximum atomic E-state index is 12.0. The largest absolute Gasteiger partial charge is 0.489 e. The molecule has 0 bridgehead atoms. The number of hydrogen-bond donors (Lipinski definition) is 1. The molecule has 1 atom stereocenters. The fourth-order valence-electron chi connectivity index (χ4n) is 5.06. The van der Waals surface area contributed by atoms with Crippen molar-refractivity contribution < 1.29 is 14.6 Å². The number of rotatable bonds is 15. The van der Waals surface area contributed by atoms with E-state index in [4.69, 9.17) is 9.72 Å². The van der Waals surface area contributed by atoms with Crippen molar-refractivity contribution in [3.8, 4) is 17.0 Å². The zero-order chi connectivity index (χ0) is 28.3. The van der Waals surface area contributed by atoms with Gasteiger partial charge in [-0.3, -0.25) is 9.69 Å². The summed E-state index contributed by atoms with van der Waals surface area (Å²) in [4.78, 5) is 18.6. The van der Waals surface area contributed by atoms with Crippen LogP contribution in [0.4, 0.5) is 0 Å². The maximum absolute atomic E-state index is 12.0. The predicted molar refractivity (Wildman–Crippen MR) is 164 cm³/mol. The molecule has 0 amide bonds. The van der Waals surface area contributed by atoms with Crippen LogP contribution < -0.4 is 4.74 Å². The number of aliphatic carboxylic acids is 1. The first-order valence-corrected chi connectivity index (χ1v) is 15.1. The molecule has 0 aliphatic rings. The van der Waals surface area contributed by atoms with Gasteiger partial charge in [-0.15, -0.1) is 11.3 Å². The van der Waals surface area contributed by atoms with Gasteiger partial charge in [-0.05, 0) is 61.1 Å². The first-order valence-electron chi connectivity index (χ1n) is 14.2. The van der Waals surface area contributed by atoms with Gasteiger partial charge in [0.1, 0.15) is 23.4 Å². The Kier molecular flexibility index (Phi) is 10.9. The summed E-state index contributed by atoms with van der Waals surface area (Å²) in [5.74, 6) is 0.699. The minimum absolute atomic E-state index is 0.455. The molecular weight excluding hydrogens is 516 g/mol. The number of ether oxygens (including phenoxy) is 1. The molecule has 0 saturated carbocycles. The van der Waals surface area contributed by atoms with Crippen LogP contribution in [0.3, 0.4) is 0 Å². The molecule has 0 unspecified atom stereocenters. The first-order chi connectivity index (χ1) is 19.5. The van der Waals surface area contributed by atoms with E-state index >= 15 is 0 Å². The molecule has 6 heteroatoms. The van der Waals surface area contributed by atoms with Gasteiger partial charge < -0.3 is 9.84 Å². The van der Waals surface area contributed by atoms with E-state index in [0.29, 0.717) is 25.5 Å². The molecule has 1 aromatic heterocycles. The molecule has 0 radical (unpaired) electrons. The Hall–Kier alpha value is -3.48. The van der Waals surface area contributed by atoms with Crippen LogP contribution in [-0.2, 0) is 24.4 Å². The average Bonchev–Trinajstić information content (AvgIpc) is 3.44. The van der Waals surface area contributed by atoms with E-state index in [9.17, 15) is 9.90 Å². The number of likely N-dealkylation sites (N-methyl/N-ethyl adjacent to an activating group) is 1. The van der Waals surface area contributed by atoms with Crippen LogP contribution >= 0.6 is 11.3 Å². The molecule has 0 fully saturated rings. The summed E-state index contributed by atoms with van der Waals surface area (Å²) in [6.45, 7) is 5.50. The van der Waals surface area contributed by atoms with Gasteiger partial charge in [0.25, 0.3) is 0 Å². The zero-order valence-electron chi connectivity index (χ0n) is 23.8. The molecule has 210 valence electrons. The maximum Gasteiger partial charge on any atom is 0.321 e. The third-order valence-electron chi connectivity index (χ3n) is 7.31. The SMILES string of the molecule is CCCC(CCC)c1ccc(OCc2ccc(-c3csc(CN(C)[C@@H](Cc4ccccc4)C(=O)O)n3)cc2)cc1. The molecule has 4 rings (SSSR count). The molecule has 1 heterocycles. The molecule has 0 aliphatic heterocycles. The highest BCUT2D eigenvalue weighted by Gasteiger charge is 2.24. The fourth-order valence-corrected chi connectivity index (χ4v) is 5.92. The third-order valence-corrected chi connectivity index (χ3v) is 8.14. The van der Waals surface area contributed by atoms with E-state index in [1.807, 2.05) is 47.7 Å². The number of thiazole rings is 1. The normalized spacial score (nSPS) is 12.1. The molecule has 0 saturated heterocycles. The lowest BCUT2D eigenvalue weighted by Gasteiger charge is -2.23. The number of aromatic nitrogens is 1. The summed E-state index contributed by atoms with van der Waals surface area (Å²) in [5, 5.41) is 12.7. The Labute approximate surface area is 242 Å². The number of carboxylic acids is 1. The monoisotopic (exact) mass is 556 g/mol. The lowest BCUT2D eigenvalue weighted by Crippen LogP contribution is -2.39. The Morgan fingerprint density at radius 3 is 2.23 bits per heavy atom. The second kappa shape index (κ2) is 14.8. The van der Waals surface area contributed by atoms with E-state index in [1.54, 1.807) is 11.3 Å². The van der Waals surface area contributed by atoms with Crippen molar-refractivity contribution in [3.05, 3.63) is 106 Å². The lowest BCUT2D eigenvalue weighted by molar-refractivity contribution is -0.142. The van der Waals surface area contributed by atoms with E-state index < -0.39 is 12.0 Å². The van der Waals surface area contributed by atoms with E-state index in [2.05, 4.69) is 62.4 Å². The van der Waals surface area contributed by atoms with Gasteiger partial charge in [0.05, 0.1) is 12.2 Å². The fraction of sp³-hybridized carbons (Fsp3) is 0.353. The van der Waals surface area contributed by atoms with Crippen molar-refractivity contribution in [1.29, 1.82) is 0 Å². The van der Waals surface area contributed by atoms with Gasteiger partial charge in [-0.1, -0.05) is 93.4 Å². The van der Waals surface area contributed by atoms with Crippen LogP contribution in [-0.4, -0.2) is 34.0 Å². The van der Waals surface area contributed by atoms with Crippen LogP contribution in [0.2, 0.25) is 0 Å². The molecule has 3 aromatic carbocycles. The highest BCUT2D eigenvalue weighted by atomic mass is 32.1. The number of carbonyl (C=O) groups is 1. The van der Waals surface area contributed by atoms with Crippen LogP contribution in [0.5, 0.6) is 5.75 Å². The highest BCUT2D eigenvalue weighted by Crippen LogP contribution is 2.28. The predicted octanol–water partition coefficient (Wildman–Crippen LogP) is 8.20. The molecule has 1 N–H and O–H groups in total. The number of benzene rings is 3. The van der Waals surface area contributed by atoms with Gasteiger partial charge >= 0.3 is 5.97 Å². The van der Waals surface area contributed by atoms with E-state index in [-0.39, 0.29) is 0 Å². The van der Waals surface area contributed by atoms with Crippen LogP contribution in [0.15, 0.2) is 84.2 Å². The molecular formula is C34H40N2O3S. The van der Waals surface area contributed by atoms with Crippen molar-refractivity contribution in [2.24, 2.45) is 0 Å². The van der Waals surface area contributed by atoms with Crippen LogP contribution in [0.25, 0.3) is 11.3 Å². The Morgan fingerprint density at radius 1 is 0.925 bits per heavy atom. The van der Waals surface area contributed by atoms with Crippen molar-refractivity contribution in [3.63, 3.8) is 0 Å². The third kappa shape index (κ3) is 8.26. The number of hydrogen-bond acceptors (Lipinski definition) is 5. The van der Waals surface area contributed by atoms with Gasteiger partial charge in [0.2, 0.25) is 0 Å². The zero-order valence-corrected chi connectivity index (χ0v) is 24.6.